The number of aromatic nitrogens is 1. The molecule has 0 aliphatic heterocycles. The molecule has 0 N–H and O–H groups in total. The van der Waals surface area contributed by atoms with E-state index in [-0.39, 0.29) is 0 Å². The van der Waals surface area contributed by atoms with Gasteiger partial charge >= 0.3 is 5.97 Å². The smallest absolute Gasteiger partial charge is 0.340 e. The number of pyridine rings is 1. The molecule has 0 saturated carbocycles. The number of hydrogen-bond acceptors (Lipinski definition) is 3. The fourth-order valence-corrected chi connectivity index (χ4v) is 1.47. The van der Waals surface area contributed by atoms with Crippen LogP contribution in [0.4, 0.5) is 0 Å². The van der Waals surface area contributed by atoms with Gasteiger partial charge in [-0.3, -0.25) is 0 Å². The molecule has 0 bridgehead atoms. The molecule has 1 aromatic rings. The maximum atomic E-state index is 11.0. The van der Waals surface area contributed by atoms with E-state index in [9.17, 15) is 4.79 Å². The molecular formula is C15H11NO2. The van der Waals surface area contributed by atoms with Gasteiger partial charge in [-0.15, -0.1) is 6.42 Å². The number of carbonyl (C=O) groups is 1. The summed E-state index contributed by atoms with van der Waals surface area (Å²) in [5.41, 5.74) is 3.48. The standard InChI is InChI=1S/C9H7NO2.C6H4/c1-3-8-7(9(11)12-2)5-4-6-10-8;1-2-5-4-6(5)3-1/h1,4-6H,2H3;1-4H. The highest BCUT2D eigenvalue weighted by molar-refractivity contribution is 5.91. The molecule has 0 aromatic carbocycles. The highest BCUT2D eigenvalue weighted by atomic mass is 16.5. The van der Waals surface area contributed by atoms with Crippen LogP contribution in [0.5, 0.6) is 0 Å². The van der Waals surface area contributed by atoms with Gasteiger partial charge in [0.1, 0.15) is 5.69 Å². The number of rotatable bonds is 1. The minimum Gasteiger partial charge on any atom is -0.465 e. The van der Waals surface area contributed by atoms with E-state index in [0.29, 0.717) is 11.3 Å². The Morgan fingerprint density at radius 3 is 2.44 bits per heavy atom. The topological polar surface area (TPSA) is 39.2 Å². The van der Waals surface area contributed by atoms with Crippen molar-refractivity contribution in [3.8, 4) is 23.5 Å². The molecule has 3 heteroatoms. The van der Waals surface area contributed by atoms with Crippen LogP contribution in [0.1, 0.15) is 16.1 Å². The Kier molecular flexibility index (Phi) is 3.40. The number of terminal acetylenes is 1. The second-order valence-corrected chi connectivity index (χ2v) is 3.62. The predicted octanol–water partition coefficient (Wildman–Crippen LogP) is 2.52. The third-order valence-electron chi connectivity index (χ3n) is 2.46. The van der Waals surface area contributed by atoms with Crippen LogP contribution in [0.15, 0.2) is 42.6 Å². The maximum absolute atomic E-state index is 11.0. The van der Waals surface area contributed by atoms with Gasteiger partial charge in [-0.05, 0) is 35.2 Å². The largest absolute Gasteiger partial charge is 0.465 e. The minimum atomic E-state index is -0.462. The first-order valence-corrected chi connectivity index (χ1v) is 5.36. The van der Waals surface area contributed by atoms with Gasteiger partial charge in [0.15, 0.2) is 0 Å². The zero-order valence-electron chi connectivity index (χ0n) is 9.88. The van der Waals surface area contributed by atoms with Crippen LogP contribution in [0.25, 0.3) is 11.1 Å². The number of esters is 1. The van der Waals surface area contributed by atoms with Gasteiger partial charge in [-0.1, -0.05) is 18.2 Å². The lowest BCUT2D eigenvalue weighted by Gasteiger charge is -1.99. The van der Waals surface area contributed by atoms with Gasteiger partial charge < -0.3 is 4.74 Å². The molecule has 88 valence electrons. The molecule has 1 aromatic heterocycles. The third kappa shape index (κ3) is 2.55. The lowest BCUT2D eigenvalue weighted by Crippen LogP contribution is -2.04. The molecule has 18 heavy (non-hydrogen) atoms. The molecule has 0 unspecified atom stereocenters. The summed E-state index contributed by atoms with van der Waals surface area (Å²) in [4.78, 5) is 14.9. The van der Waals surface area contributed by atoms with Crippen molar-refractivity contribution in [2.75, 3.05) is 7.11 Å². The normalized spacial score (nSPS) is 9.56. The molecule has 3 rings (SSSR count). The lowest BCUT2D eigenvalue weighted by atomic mass is 10.2. The number of methoxy groups -OCH3 is 1. The Labute approximate surface area is 105 Å². The number of fused-ring (bicyclic) bond motifs is 1. The van der Waals surface area contributed by atoms with E-state index >= 15 is 0 Å². The van der Waals surface area contributed by atoms with Crippen molar-refractivity contribution in [2.45, 2.75) is 0 Å². The Hall–Kier alpha value is -2.60. The van der Waals surface area contributed by atoms with Crippen molar-refractivity contribution in [1.29, 1.82) is 0 Å². The first-order chi connectivity index (χ1) is 8.76. The summed E-state index contributed by atoms with van der Waals surface area (Å²) in [5.74, 6) is 1.84. The first kappa shape index (κ1) is 11.9. The zero-order chi connectivity index (χ0) is 13.0. The number of carbonyl (C=O) groups excluding carboxylic acids is 1. The predicted molar refractivity (Wildman–Crippen MR) is 68.9 cm³/mol. The SMILES string of the molecule is C#Cc1ncccc1C(=O)OC.c1cc2cc-2c1. The number of nitrogens with zero attached hydrogens (tertiary/aromatic N) is 1. The maximum Gasteiger partial charge on any atom is 0.340 e. The second-order valence-electron chi connectivity index (χ2n) is 3.62. The Bertz CT molecular complexity index is 609. The number of hydrogen-bond donors (Lipinski definition) is 0. The van der Waals surface area contributed by atoms with E-state index in [1.54, 1.807) is 12.1 Å². The summed E-state index contributed by atoms with van der Waals surface area (Å²) in [7, 11) is 1.30. The minimum absolute atomic E-state index is 0.310. The van der Waals surface area contributed by atoms with Crippen LogP contribution in [-0.4, -0.2) is 18.1 Å². The highest BCUT2D eigenvalue weighted by Crippen LogP contribution is 2.32. The Balaban J connectivity index is 0.000000164. The van der Waals surface area contributed by atoms with Crippen molar-refractivity contribution in [3.05, 3.63) is 53.9 Å². The number of benzene rings is 1. The van der Waals surface area contributed by atoms with Crippen LogP contribution in [0.3, 0.4) is 0 Å². The van der Waals surface area contributed by atoms with E-state index in [1.807, 2.05) is 0 Å². The van der Waals surface area contributed by atoms with E-state index in [0.717, 1.165) is 0 Å². The molecule has 0 radical (unpaired) electrons. The molecule has 0 fully saturated rings. The van der Waals surface area contributed by atoms with Gasteiger partial charge in [0.2, 0.25) is 0 Å². The van der Waals surface area contributed by atoms with E-state index < -0.39 is 5.97 Å². The molecular weight excluding hydrogens is 226 g/mol. The van der Waals surface area contributed by atoms with E-state index in [2.05, 4.69) is 39.9 Å². The van der Waals surface area contributed by atoms with Crippen LogP contribution in [-0.2, 0) is 4.74 Å². The third-order valence-corrected chi connectivity index (χ3v) is 2.46. The van der Waals surface area contributed by atoms with Crippen molar-refractivity contribution in [1.82, 2.24) is 4.98 Å². The first-order valence-electron chi connectivity index (χ1n) is 5.36. The molecule has 0 atom stereocenters. The van der Waals surface area contributed by atoms with Crippen molar-refractivity contribution < 1.29 is 9.53 Å². The quantitative estimate of drug-likeness (QED) is 0.482. The Morgan fingerprint density at radius 2 is 2.00 bits per heavy atom. The van der Waals surface area contributed by atoms with E-state index in [4.69, 9.17) is 6.42 Å². The molecule has 1 heterocycles. The average molecular weight is 237 g/mol. The summed E-state index contributed by atoms with van der Waals surface area (Å²) in [5, 5.41) is 0. The molecule has 0 amide bonds. The summed E-state index contributed by atoms with van der Waals surface area (Å²) in [6, 6.07) is 11.7. The summed E-state index contributed by atoms with van der Waals surface area (Å²) in [6.45, 7) is 0. The lowest BCUT2D eigenvalue weighted by molar-refractivity contribution is 0.0600. The van der Waals surface area contributed by atoms with Crippen LogP contribution >= 0.6 is 0 Å². The van der Waals surface area contributed by atoms with Crippen LogP contribution in [0.2, 0.25) is 0 Å². The monoisotopic (exact) mass is 237 g/mol. The summed E-state index contributed by atoms with van der Waals surface area (Å²) < 4.78 is 4.50. The van der Waals surface area contributed by atoms with Gasteiger partial charge in [0.25, 0.3) is 0 Å². The van der Waals surface area contributed by atoms with Crippen LogP contribution in [0, 0.1) is 12.3 Å². The average Bonchev–Trinajstić information content (AvgIpc) is 3.04. The van der Waals surface area contributed by atoms with Crippen molar-refractivity contribution >= 4 is 5.97 Å². The van der Waals surface area contributed by atoms with Gasteiger partial charge in [-0.2, -0.15) is 0 Å². The summed E-state index contributed by atoms with van der Waals surface area (Å²) >= 11 is 0. The van der Waals surface area contributed by atoms with Gasteiger partial charge in [0, 0.05) is 6.20 Å². The fraction of sp³-hybridized carbons (Fsp3) is 0.0667. The highest BCUT2D eigenvalue weighted by Gasteiger charge is 2.09. The van der Waals surface area contributed by atoms with Gasteiger partial charge in [-0.25, -0.2) is 9.78 Å². The molecule has 2 aliphatic carbocycles. The summed E-state index contributed by atoms with van der Waals surface area (Å²) in [6.07, 6.45) is 6.65. The van der Waals surface area contributed by atoms with E-state index in [1.165, 1.54) is 24.4 Å². The molecule has 0 spiro atoms. The van der Waals surface area contributed by atoms with Crippen molar-refractivity contribution in [3.63, 3.8) is 0 Å². The molecule has 0 saturated heterocycles. The van der Waals surface area contributed by atoms with Crippen LogP contribution < -0.4 is 0 Å². The second kappa shape index (κ2) is 5.15. The zero-order valence-corrected chi connectivity index (χ0v) is 9.88. The number of ether oxygens (including phenoxy) is 1. The Morgan fingerprint density at radius 1 is 1.28 bits per heavy atom. The fourth-order valence-electron chi connectivity index (χ4n) is 1.47. The molecule has 2 aliphatic rings. The van der Waals surface area contributed by atoms with Crippen molar-refractivity contribution in [2.24, 2.45) is 0 Å². The van der Waals surface area contributed by atoms with Gasteiger partial charge in [0.05, 0.1) is 12.7 Å². The molecule has 3 nitrogen and oxygen atoms in total.